The second kappa shape index (κ2) is 11.5. The lowest BCUT2D eigenvalue weighted by Crippen LogP contribution is -2.56. The van der Waals surface area contributed by atoms with Crippen LogP contribution in [0.2, 0.25) is 0 Å². The molecule has 16 heteroatoms. The Morgan fingerprint density at radius 3 is 1.95 bits per heavy atom. The average Bonchev–Trinajstić information content (AvgIpc) is 3.44. The Bertz CT molecular complexity index is 1320. The van der Waals surface area contributed by atoms with E-state index in [9.17, 15) is 38.0 Å². The zero-order valence-corrected chi connectivity index (χ0v) is 21.1. The number of hydrogen-bond acceptors (Lipinski definition) is 8. The van der Waals surface area contributed by atoms with Gasteiger partial charge in [-0.2, -0.15) is 0 Å². The molecule has 5 N–H and O–H groups in total. The highest BCUT2D eigenvalue weighted by molar-refractivity contribution is 6.89. The molecule has 38 heavy (non-hydrogen) atoms. The van der Waals surface area contributed by atoms with E-state index in [-0.39, 0.29) is 71.3 Å². The van der Waals surface area contributed by atoms with Crippen LogP contribution in [0.25, 0.3) is 0 Å². The number of hydrogen-bond donors (Lipinski definition) is 5. The van der Waals surface area contributed by atoms with Crippen LogP contribution in [0.5, 0.6) is 0 Å². The number of carbonyl (C=O) groups excluding carboxylic acids is 4. The number of halogens is 2. The van der Waals surface area contributed by atoms with Crippen molar-refractivity contribution in [2.45, 2.75) is 26.6 Å². The van der Waals surface area contributed by atoms with Crippen LogP contribution in [-0.4, -0.2) is 69.1 Å². The summed E-state index contributed by atoms with van der Waals surface area (Å²) in [7, 11) is -5.40. The highest BCUT2D eigenvalue weighted by Crippen LogP contribution is 2.17. The quantitative estimate of drug-likeness (QED) is 0.235. The van der Waals surface area contributed by atoms with Crippen molar-refractivity contribution in [3.63, 3.8) is 0 Å². The standard InChI is InChI=1S/C22H22B2F2N3O8Si/c1-11(30)2-3-27-22(33)38(29-21(32)13-5-17-15(19(26)7-13)9-37-24(17)35)10-28-20(31)12-4-16-14(18(25)6-12)8-36-23(16)34/h4-7,34-35H,2-3,8-10H2,1H3,(H,27,33)(H,28,31)(H,29,32). The van der Waals surface area contributed by atoms with Gasteiger partial charge in [0, 0.05) is 41.4 Å². The molecule has 2 aromatic carbocycles. The van der Waals surface area contributed by atoms with Crippen molar-refractivity contribution in [2.24, 2.45) is 0 Å². The van der Waals surface area contributed by atoms with Gasteiger partial charge in [-0.15, -0.1) is 0 Å². The summed E-state index contributed by atoms with van der Waals surface area (Å²) in [6, 6.07) is 4.43. The molecule has 1 radical (unpaired) electrons. The molecule has 0 spiro atoms. The predicted octanol–water partition coefficient (Wildman–Crippen LogP) is -1.64. The van der Waals surface area contributed by atoms with Crippen molar-refractivity contribution in [3.8, 4) is 0 Å². The van der Waals surface area contributed by atoms with Crippen LogP contribution >= 0.6 is 0 Å². The maximum atomic E-state index is 14.4. The first-order chi connectivity index (χ1) is 18.0. The van der Waals surface area contributed by atoms with Gasteiger partial charge in [0.15, 0.2) is 0 Å². The van der Waals surface area contributed by atoms with Gasteiger partial charge in [0.05, 0.1) is 13.2 Å². The molecule has 0 atom stereocenters. The van der Waals surface area contributed by atoms with E-state index in [1.807, 2.05) is 0 Å². The van der Waals surface area contributed by atoms with Gasteiger partial charge in [0.2, 0.25) is 11.4 Å². The lowest BCUT2D eigenvalue weighted by molar-refractivity contribution is -0.116. The van der Waals surface area contributed by atoms with E-state index in [1.54, 1.807) is 0 Å². The van der Waals surface area contributed by atoms with E-state index in [1.165, 1.54) is 19.1 Å². The summed E-state index contributed by atoms with van der Waals surface area (Å²) in [6.45, 7) is 1.04. The maximum Gasteiger partial charge on any atom is 0.491 e. The first-order valence-electron chi connectivity index (χ1n) is 11.5. The number of carbonyl (C=O) groups is 4. The van der Waals surface area contributed by atoms with Gasteiger partial charge in [0.1, 0.15) is 17.4 Å². The Kier molecular flexibility index (Phi) is 8.37. The van der Waals surface area contributed by atoms with E-state index in [4.69, 9.17) is 9.31 Å². The molecular formula is C22H22B2F2N3O8Si. The summed E-state index contributed by atoms with van der Waals surface area (Å²) in [5, 5.41) is 24.7. The zero-order chi connectivity index (χ0) is 27.6. The smallest absolute Gasteiger partial charge is 0.423 e. The molecular weight excluding hydrogens is 522 g/mol. The minimum atomic E-state index is -2.62. The fourth-order valence-electron chi connectivity index (χ4n) is 3.95. The summed E-state index contributed by atoms with van der Waals surface area (Å²) in [5.74, 6) is -3.28. The van der Waals surface area contributed by atoms with E-state index in [2.05, 4.69) is 15.6 Å². The molecule has 197 valence electrons. The maximum absolute atomic E-state index is 14.4. The Labute approximate surface area is 217 Å². The van der Waals surface area contributed by atoms with Crippen molar-refractivity contribution < 1.29 is 47.3 Å². The third kappa shape index (κ3) is 6.00. The molecule has 0 saturated carbocycles. The van der Waals surface area contributed by atoms with Crippen LogP contribution in [0.4, 0.5) is 13.6 Å². The first kappa shape index (κ1) is 27.6. The van der Waals surface area contributed by atoms with E-state index < -0.39 is 52.2 Å². The molecule has 0 unspecified atom stereocenters. The number of ketones is 1. The number of rotatable bonds is 9. The largest absolute Gasteiger partial charge is 0.491 e. The normalized spacial score (nSPS) is 13.8. The number of Topliss-reactive ketones (excluding diaryl/α,β-unsaturated/α-hetero) is 1. The van der Waals surface area contributed by atoms with Crippen LogP contribution in [0, 0.1) is 11.6 Å². The SMILES string of the molecule is CC(=O)CCNC(=O)[Si](CNC(=O)c1cc(F)c2c(c1)B(O)OC2)NC(=O)c1cc(F)c2c(c1)B(O)OC2. The van der Waals surface area contributed by atoms with Gasteiger partial charge in [-0.25, -0.2) is 8.78 Å². The topological polar surface area (TPSA) is 163 Å². The van der Waals surface area contributed by atoms with Crippen LogP contribution in [0.3, 0.4) is 0 Å². The van der Waals surface area contributed by atoms with Crippen LogP contribution in [0.1, 0.15) is 45.2 Å². The Morgan fingerprint density at radius 2 is 1.42 bits per heavy atom. The van der Waals surface area contributed by atoms with Crippen molar-refractivity contribution in [3.05, 3.63) is 58.2 Å². The molecule has 0 fully saturated rings. The fraction of sp³-hybridized carbons (Fsp3) is 0.273. The molecule has 2 aliphatic rings. The first-order valence-corrected chi connectivity index (χ1v) is 13.2. The highest BCUT2D eigenvalue weighted by atomic mass is 28.3. The Balaban J connectivity index is 1.49. The van der Waals surface area contributed by atoms with Crippen molar-refractivity contribution in [1.82, 2.24) is 15.6 Å². The van der Waals surface area contributed by atoms with Crippen LogP contribution in [-0.2, 0) is 27.3 Å². The van der Waals surface area contributed by atoms with Crippen molar-refractivity contribution in [1.29, 1.82) is 0 Å². The lowest BCUT2D eigenvalue weighted by Gasteiger charge is -2.17. The summed E-state index contributed by atoms with van der Waals surface area (Å²) in [6.07, 6.45) is -0.300. The second-order valence-electron chi connectivity index (χ2n) is 8.70. The van der Waals surface area contributed by atoms with Gasteiger partial charge >= 0.3 is 23.2 Å². The van der Waals surface area contributed by atoms with E-state index in [0.29, 0.717) is 0 Å². The minimum Gasteiger partial charge on any atom is -0.423 e. The number of amides is 3. The van der Waals surface area contributed by atoms with Gasteiger partial charge < -0.3 is 35.0 Å². The Morgan fingerprint density at radius 1 is 0.895 bits per heavy atom. The summed E-state index contributed by atoms with van der Waals surface area (Å²) in [4.78, 5) is 52.2. The summed E-state index contributed by atoms with van der Waals surface area (Å²) >= 11 is 0. The molecule has 11 nitrogen and oxygen atoms in total. The molecule has 0 aliphatic carbocycles. The second-order valence-corrected chi connectivity index (χ2v) is 10.7. The van der Waals surface area contributed by atoms with Crippen LogP contribution < -0.4 is 26.5 Å². The zero-order valence-electron chi connectivity index (χ0n) is 20.1. The molecule has 2 aliphatic heterocycles. The molecule has 0 aromatic heterocycles. The molecule has 0 bridgehead atoms. The molecule has 0 saturated heterocycles. The highest BCUT2D eigenvalue weighted by Gasteiger charge is 2.33. The average molecular weight is 544 g/mol. The summed E-state index contributed by atoms with van der Waals surface area (Å²) in [5.41, 5.74) is -0.498. The molecule has 2 heterocycles. The number of benzene rings is 2. The van der Waals surface area contributed by atoms with E-state index >= 15 is 0 Å². The molecule has 2 aromatic rings. The van der Waals surface area contributed by atoms with Gasteiger partial charge in [-0.05, 0) is 42.1 Å². The minimum absolute atomic E-state index is 0.00290. The summed E-state index contributed by atoms with van der Waals surface area (Å²) < 4.78 is 38.7. The van der Waals surface area contributed by atoms with Crippen LogP contribution in [0.15, 0.2) is 24.3 Å². The van der Waals surface area contributed by atoms with Crippen molar-refractivity contribution >= 4 is 57.2 Å². The predicted molar refractivity (Wildman–Crippen MR) is 132 cm³/mol. The van der Waals surface area contributed by atoms with Gasteiger partial charge in [-0.3, -0.25) is 19.2 Å². The van der Waals surface area contributed by atoms with Gasteiger partial charge in [-0.1, -0.05) is 0 Å². The van der Waals surface area contributed by atoms with E-state index in [0.717, 1.165) is 12.1 Å². The van der Waals surface area contributed by atoms with Gasteiger partial charge in [0.25, 0.3) is 5.91 Å². The molecule has 3 amide bonds. The third-order valence-corrected chi connectivity index (χ3v) is 7.80. The lowest BCUT2D eigenvalue weighted by atomic mass is 9.78. The molecule has 4 rings (SSSR count). The Hall–Kier alpha value is -3.43. The monoisotopic (exact) mass is 544 g/mol. The third-order valence-electron chi connectivity index (χ3n) is 6.01. The number of fused-ring (bicyclic) bond motifs is 2. The van der Waals surface area contributed by atoms with Crippen molar-refractivity contribution in [2.75, 3.05) is 12.7 Å². The number of nitrogens with one attached hydrogen (secondary N) is 3. The fourth-order valence-corrected chi connectivity index (χ4v) is 5.40.